The Morgan fingerprint density at radius 2 is 1.83 bits per heavy atom. The molecule has 23 heavy (non-hydrogen) atoms. The number of sulfonamides is 1. The summed E-state index contributed by atoms with van der Waals surface area (Å²) in [5, 5.41) is 7.68. The molecule has 10 heteroatoms. The van der Waals surface area contributed by atoms with Crippen molar-refractivity contribution in [2.45, 2.75) is 4.90 Å². The molecule has 0 saturated carbocycles. The lowest BCUT2D eigenvalue weighted by atomic mass is 10.2. The second-order valence-electron chi connectivity index (χ2n) is 4.11. The smallest absolute Gasteiger partial charge is 0.354 e. The summed E-state index contributed by atoms with van der Waals surface area (Å²) in [5.41, 5.74) is 0.0690. The van der Waals surface area contributed by atoms with E-state index in [0.29, 0.717) is 0 Å². The molecule has 1 rings (SSSR count). The molecular formula is C13H16N2O7S. The molecule has 0 saturated heterocycles. The zero-order valence-corrected chi connectivity index (χ0v) is 13.5. The number of hydrogen-bond acceptors (Lipinski definition) is 8. The quantitative estimate of drug-likeness (QED) is 0.543. The third kappa shape index (κ3) is 4.97. The number of ether oxygens (including phenoxy) is 3. The van der Waals surface area contributed by atoms with Crippen LogP contribution in [0, 0.1) is 0 Å². The number of benzene rings is 1. The highest BCUT2D eigenvalue weighted by Gasteiger charge is 2.17. The van der Waals surface area contributed by atoms with E-state index in [1.54, 1.807) is 0 Å². The van der Waals surface area contributed by atoms with Gasteiger partial charge in [0.25, 0.3) is 0 Å². The number of carbonyl (C=O) groups is 2. The van der Waals surface area contributed by atoms with Crippen molar-refractivity contribution in [3.05, 3.63) is 30.0 Å². The molecule has 0 atom stereocenters. The van der Waals surface area contributed by atoms with Gasteiger partial charge in [0, 0.05) is 11.8 Å². The van der Waals surface area contributed by atoms with Crippen molar-refractivity contribution in [1.29, 1.82) is 0 Å². The summed E-state index contributed by atoms with van der Waals surface area (Å²) in [6.45, 7) is 0. The van der Waals surface area contributed by atoms with Crippen molar-refractivity contribution < 1.29 is 32.2 Å². The van der Waals surface area contributed by atoms with Gasteiger partial charge in [-0.3, -0.25) is 0 Å². The number of primary sulfonamides is 1. The molecule has 1 aromatic carbocycles. The standard InChI is InChI=1S/C13H16N2O7S/c1-20-10-6-8(4-5-11(10)23(14,18)19)15-9(13(17)22-3)7-12(16)21-2/h4-7,15H,1-3H3,(H2,14,18,19)/b9-7+. The first kappa shape index (κ1) is 18.5. The van der Waals surface area contributed by atoms with Crippen LogP contribution in [-0.4, -0.2) is 41.7 Å². The third-order valence-corrected chi connectivity index (χ3v) is 3.57. The van der Waals surface area contributed by atoms with Gasteiger partial charge >= 0.3 is 11.9 Å². The Labute approximate surface area is 133 Å². The Morgan fingerprint density at radius 3 is 2.30 bits per heavy atom. The molecule has 0 unspecified atom stereocenters. The van der Waals surface area contributed by atoms with Crippen LogP contribution in [0.25, 0.3) is 0 Å². The molecule has 0 heterocycles. The Kier molecular flexibility index (Phi) is 6.10. The van der Waals surface area contributed by atoms with Crippen molar-refractivity contribution in [2.24, 2.45) is 5.14 Å². The highest BCUT2D eigenvalue weighted by Crippen LogP contribution is 2.27. The third-order valence-electron chi connectivity index (χ3n) is 2.62. The molecule has 3 N–H and O–H groups in total. The fourth-order valence-electron chi connectivity index (χ4n) is 1.57. The Bertz CT molecular complexity index is 741. The molecule has 1 aromatic rings. The summed E-state index contributed by atoms with van der Waals surface area (Å²) in [6, 6.07) is 3.84. The lowest BCUT2D eigenvalue weighted by Gasteiger charge is -2.12. The van der Waals surface area contributed by atoms with Crippen LogP contribution < -0.4 is 15.2 Å². The van der Waals surface area contributed by atoms with Crippen LogP contribution in [-0.2, 0) is 29.1 Å². The van der Waals surface area contributed by atoms with Crippen molar-refractivity contribution in [3.8, 4) is 5.75 Å². The van der Waals surface area contributed by atoms with E-state index >= 15 is 0 Å². The number of anilines is 1. The van der Waals surface area contributed by atoms with Crippen LogP contribution in [0.3, 0.4) is 0 Å². The van der Waals surface area contributed by atoms with Gasteiger partial charge in [-0.2, -0.15) is 0 Å². The number of rotatable bonds is 6. The minimum Gasteiger partial charge on any atom is -0.495 e. The highest BCUT2D eigenvalue weighted by atomic mass is 32.2. The molecule has 126 valence electrons. The first-order valence-electron chi connectivity index (χ1n) is 6.08. The van der Waals surface area contributed by atoms with Gasteiger partial charge in [0.1, 0.15) is 16.3 Å². The largest absolute Gasteiger partial charge is 0.495 e. The SMILES string of the molecule is COC(=O)/C=C(/Nc1ccc(S(N)(=O)=O)c(OC)c1)C(=O)OC. The van der Waals surface area contributed by atoms with E-state index in [-0.39, 0.29) is 22.0 Å². The molecule has 0 spiro atoms. The number of nitrogens with two attached hydrogens (primary N) is 1. The average molecular weight is 344 g/mol. The van der Waals surface area contributed by atoms with E-state index in [4.69, 9.17) is 9.88 Å². The Balaban J connectivity index is 3.23. The summed E-state index contributed by atoms with van der Waals surface area (Å²) >= 11 is 0. The summed E-state index contributed by atoms with van der Waals surface area (Å²) in [7, 11) is -0.416. The molecular weight excluding hydrogens is 328 g/mol. The summed E-state index contributed by atoms with van der Waals surface area (Å²) < 4.78 is 36.8. The normalized spacial score (nSPS) is 11.6. The van der Waals surface area contributed by atoms with Crippen molar-refractivity contribution in [2.75, 3.05) is 26.6 Å². The average Bonchev–Trinajstić information content (AvgIpc) is 2.51. The molecule has 0 aliphatic carbocycles. The van der Waals surface area contributed by atoms with E-state index in [2.05, 4.69) is 14.8 Å². The fraction of sp³-hybridized carbons (Fsp3) is 0.231. The van der Waals surface area contributed by atoms with E-state index in [1.807, 2.05) is 0 Å². The van der Waals surface area contributed by atoms with Gasteiger partial charge in [-0.05, 0) is 12.1 Å². The second kappa shape index (κ2) is 7.61. The van der Waals surface area contributed by atoms with Gasteiger partial charge in [-0.15, -0.1) is 0 Å². The van der Waals surface area contributed by atoms with Gasteiger partial charge in [0.05, 0.1) is 27.4 Å². The number of nitrogens with one attached hydrogen (secondary N) is 1. The van der Waals surface area contributed by atoms with Crippen LogP contribution >= 0.6 is 0 Å². The number of esters is 2. The maximum atomic E-state index is 11.6. The molecule has 0 aliphatic rings. The van der Waals surface area contributed by atoms with Gasteiger partial charge < -0.3 is 19.5 Å². The highest BCUT2D eigenvalue weighted by molar-refractivity contribution is 7.89. The number of carbonyl (C=O) groups excluding carboxylic acids is 2. The first-order valence-corrected chi connectivity index (χ1v) is 7.63. The molecule has 0 bridgehead atoms. The van der Waals surface area contributed by atoms with Crippen molar-refractivity contribution >= 4 is 27.6 Å². The van der Waals surface area contributed by atoms with E-state index < -0.39 is 22.0 Å². The van der Waals surface area contributed by atoms with Gasteiger partial charge in [-0.1, -0.05) is 0 Å². The maximum absolute atomic E-state index is 11.6. The van der Waals surface area contributed by atoms with Crippen LogP contribution in [0.15, 0.2) is 34.9 Å². The summed E-state index contributed by atoms with van der Waals surface area (Å²) in [5.74, 6) is -1.62. The van der Waals surface area contributed by atoms with Crippen LogP contribution in [0.4, 0.5) is 5.69 Å². The van der Waals surface area contributed by atoms with E-state index in [1.165, 1.54) is 25.3 Å². The van der Waals surface area contributed by atoms with Crippen LogP contribution in [0.2, 0.25) is 0 Å². The minimum absolute atomic E-state index is 0.0280. The zero-order chi connectivity index (χ0) is 17.6. The first-order chi connectivity index (χ1) is 10.7. The monoisotopic (exact) mass is 344 g/mol. The maximum Gasteiger partial charge on any atom is 0.354 e. The topological polar surface area (TPSA) is 134 Å². The summed E-state index contributed by atoms with van der Waals surface area (Å²) in [4.78, 5) is 22.7. The zero-order valence-electron chi connectivity index (χ0n) is 12.7. The minimum atomic E-state index is -3.97. The molecule has 9 nitrogen and oxygen atoms in total. The predicted octanol–water partition coefficient (Wildman–Crippen LogP) is -0.0156. The molecule has 0 aliphatic heterocycles. The molecule has 0 aromatic heterocycles. The van der Waals surface area contributed by atoms with E-state index in [0.717, 1.165) is 20.3 Å². The fourth-order valence-corrected chi connectivity index (χ4v) is 2.25. The van der Waals surface area contributed by atoms with Gasteiger partial charge in [0.15, 0.2) is 0 Å². The Morgan fingerprint density at radius 1 is 1.17 bits per heavy atom. The predicted molar refractivity (Wildman–Crippen MR) is 80.1 cm³/mol. The van der Waals surface area contributed by atoms with Crippen molar-refractivity contribution in [1.82, 2.24) is 0 Å². The van der Waals surface area contributed by atoms with E-state index in [9.17, 15) is 18.0 Å². The van der Waals surface area contributed by atoms with Gasteiger partial charge in [-0.25, -0.2) is 23.1 Å². The molecule has 0 radical (unpaired) electrons. The number of hydrogen-bond donors (Lipinski definition) is 2. The van der Waals surface area contributed by atoms with Gasteiger partial charge in [0.2, 0.25) is 10.0 Å². The Hall–Kier alpha value is -2.59. The number of methoxy groups -OCH3 is 3. The lowest BCUT2D eigenvalue weighted by Crippen LogP contribution is -2.16. The second-order valence-corrected chi connectivity index (χ2v) is 5.64. The van der Waals surface area contributed by atoms with Crippen LogP contribution in [0.5, 0.6) is 5.75 Å². The summed E-state index contributed by atoms with van der Waals surface area (Å²) in [6.07, 6.45) is 0.895. The lowest BCUT2D eigenvalue weighted by molar-refractivity contribution is -0.138. The molecule has 0 amide bonds. The van der Waals surface area contributed by atoms with Crippen molar-refractivity contribution in [3.63, 3.8) is 0 Å². The van der Waals surface area contributed by atoms with Crippen LogP contribution in [0.1, 0.15) is 0 Å². The molecule has 0 fully saturated rings.